The quantitative estimate of drug-likeness (QED) is 0.533. The number of rotatable bonds is 8. The van der Waals surface area contributed by atoms with E-state index in [9.17, 15) is 0 Å². The second-order valence-corrected chi connectivity index (χ2v) is 7.05. The van der Waals surface area contributed by atoms with Crippen LogP contribution >= 0.6 is 22.9 Å². The van der Waals surface area contributed by atoms with Gasteiger partial charge in [-0.25, -0.2) is 4.98 Å². The van der Waals surface area contributed by atoms with E-state index in [1.807, 2.05) is 42.5 Å². The number of thiazole rings is 1. The summed E-state index contributed by atoms with van der Waals surface area (Å²) in [6.07, 6.45) is 2.74. The smallest absolute Gasteiger partial charge is 0.142 e. The summed E-state index contributed by atoms with van der Waals surface area (Å²) in [4.78, 5) is 11.3. The van der Waals surface area contributed by atoms with Crippen LogP contribution in [0.5, 0.6) is 5.75 Å². The Bertz CT molecular complexity index is 794. The first-order chi connectivity index (χ1) is 12.2. The van der Waals surface area contributed by atoms with Crippen LogP contribution in [0.3, 0.4) is 0 Å². The number of hydrogen-bond acceptors (Lipinski definition) is 5. The van der Waals surface area contributed by atoms with Gasteiger partial charge in [0.15, 0.2) is 0 Å². The molecule has 3 aromatic rings. The van der Waals surface area contributed by atoms with Gasteiger partial charge >= 0.3 is 0 Å². The van der Waals surface area contributed by atoms with Crippen LogP contribution in [0.1, 0.15) is 12.1 Å². The lowest BCUT2D eigenvalue weighted by Crippen LogP contribution is -2.21. The summed E-state index contributed by atoms with van der Waals surface area (Å²) in [6.45, 7) is 2.43. The topological polar surface area (TPSA) is 38.2 Å². The molecule has 4 nitrogen and oxygen atoms in total. The van der Waals surface area contributed by atoms with Gasteiger partial charge in [0, 0.05) is 29.7 Å². The molecule has 1 aromatic carbocycles. The van der Waals surface area contributed by atoms with Crippen molar-refractivity contribution in [2.45, 2.75) is 13.0 Å². The molecule has 0 spiro atoms. The lowest BCUT2D eigenvalue weighted by molar-refractivity contribution is 0.257. The molecule has 0 amide bonds. The molecule has 0 aliphatic carbocycles. The summed E-state index contributed by atoms with van der Waals surface area (Å²) in [7, 11) is 2.10. The predicted octanol–water partition coefficient (Wildman–Crippen LogP) is 4.76. The number of nitrogens with zero attached hydrogens (tertiary/aromatic N) is 3. The maximum atomic E-state index is 5.95. The first-order valence-corrected chi connectivity index (χ1v) is 9.39. The van der Waals surface area contributed by atoms with Crippen LogP contribution in [-0.4, -0.2) is 35.1 Å². The first-order valence-electron chi connectivity index (χ1n) is 8.13. The summed E-state index contributed by atoms with van der Waals surface area (Å²) in [5.41, 5.74) is 2.00. The van der Waals surface area contributed by atoms with Gasteiger partial charge in [-0.15, -0.1) is 11.3 Å². The van der Waals surface area contributed by atoms with Gasteiger partial charge in [-0.1, -0.05) is 23.7 Å². The van der Waals surface area contributed by atoms with Crippen LogP contribution in [0.15, 0.2) is 54.0 Å². The second-order valence-electron chi connectivity index (χ2n) is 5.76. The van der Waals surface area contributed by atoms with Crippen LogP contribution in [0.25, 0.3) is 10.7 Å². The molecule has 2 heterocycles. The molecule has 0 unspecified atom stereocenters. The molecule has 0 N–H and O–H groups in total. The van der Waals surface area contributed by atoms with E-state index in [0.717, 1.165) is 41.7 Å². The SMILES string of the molecule is CN(CCCOc1cccc(Cl)c1)Cc1csc(-c2ccccn2)n1. The molecule has 0 bridgehead atoms. The van der Waals surface area contributed by atoms with E-state index in [0.29, 0.717) is 11.6 Å². The molecule has 0 atom stereocenters. The fourth-order valence-electron chi connectivity index (χ4n) is 2.42. The molecule has 25 heavy (non-hydrogen) atoms. The van der Waals surface area contributed by atoms with E-state index in [2.05, 4.69) is 27.3 Å². The average molecular weight is 374 g/mol. The van der Waals surface area contributed by atoms with Crippen molar-refractivity contribution < 1.29 is 4.74 Å². The lowest BCUT2D eigenvalue weighted by atomic mass is 10.3. The third-order valence-electron chi connectivity index (χ3n) is 3.62. The number of benzene rings is 1. The van der Waals surface area contributed by atoms with E-state index in [4.69, 9.17) is 16.3 Å². The number of pyridine rings is 1. The minimum absolute atomic E-state index is 0.668. The van der Waals surface area contributed by atoms with E-state index >= 15 is 0 Å². The average Bonchev–Trinajstić information content (AvgIpc) is 3.08. The summed E-state index contributed by atoms with van der Waals surface area (Å²) in [6, 6.07) is 13.4. The Morgan fingerprint density at radius 1 is 1.20 bits per heavy atom. The molecule has 3 rings (SSSR count). The van der Waals surface area contributed by atoms with E-state index in [1.165, 1.54) is 0 Å². The van der Waals surface area contributed by atoms with Crippen molar-refractivity contribution in [2.24, 2.45) is 0 Å². The summed E-state index contributed by atoms with van der Waals surface area (Å²) in [5, 5.41) is 3.76. The van der Waals surface area contributed by atoms with E-state index in [1.54, 1.807) is 17.5 Å². The highest BCUT2D eigenvalue weighted by molar-refractivity contribution is 7.13. The molecule has 6 heteroatoms. The molecule has 2 aromatic heterocycles. The van der Waals surface area contributed by atoms with Crippen molar-refractivity contribution >= 4 is 22.9 Å². The fraction of sp³-hybridized carbons (Fsp3) is 0.263. The fourth-order valence-corrected chi connectivity index (χ4v) is 3.39. The largest absolute Gasteiger partial charge is 0.493 e. The van der Waals surface area contributed by atoms with Crippen molar-refractivity contribution in [3.05, 3.63) is 64.8 Å². The van der Waals surface area contributed by atoms with E-state index < -0.39 is 0 Å². The van der Waals surface area contributed by atoms with Gasteiger partial charge in [0.05, 0.1) is 18.0 Å². The van der Waals surface area contributed by atoms with Crippen LogP contribution in [0.2, 0.25) is 5.02 Å². The summed E-state index contributed by atoms with van der Waals surface area (Å²) >= 11 is 7.58. The minimum Gasteiger partial charge on any atom is -0.493 e. The van der Waals surface area contributed by atoms with Crippen LogP contribution < -0.4 is 4.74 Å². The molecule has 130 valence electrons. The van der Waals surface area contributed by atoms with Crippen molar-refractivity contribution in [3.8, 4) is 16.5 Å². The maximum Gasteiger partial charge on any atom is 0.142 e. The van der Waals surface area contributed by atoms with Crippen molar-refractivity contribution in [3.63, 3.8) is 0 Å². The summed E-state index contributed by atoms with van der Waals surface area (Å²) < 4.78 is 5.72. The Hall–Kier alpha value is -1.95. The highest BCUT2D eigenvalue weighted by Gasteiger charge is 2.08. The third kappa shape index (κ3) is 5.53. The standard InChI is InChI=1S/C19H20ClN3OS/c1-23(10-5-11-24-17-7-4-6-15(20)12-17)13-16-14-25-19(22-16)18-8-2-3-9-21-18/h2-4,6-9,12,14H,5,10-11,13H2,1H3. The van der Waals surface area contributed by atoms with E-state index in [-0.39, 0.29) is 0 Å². The number of hydrogen-bond donors (Lipinski definition) is 0. The zero-order valence-corrected chi connectivity index (χ0v) is 15.6. The molecule has 0 saturated heterocycles. The first kappa shape index (κ1) is 17.9. The highest BCUT2D eigenvalue weighted by atomic mass is 35.5. The predicted molar refractivity (Wildman–Crippen MR) is 103 cm³/mol. The molecule has 0 saturated carbocycles. The van der Waals surface area contributed by atoms with Gasteiger partial charge < -0.3 is 9.64 Å². The number of ether oxygens (including phenoxy) is 1. The molecule has 0 aliphatic rings. The molecule has 0 aliphatic heterocycles. The Kier molecular flexibility index (Phi) is 6.39. The maximum absolute atomic E-state index is 5.95. The molecule has 0 radical (unpaired) electrons. The van der Waals surface area contributed by atoms with Gasteiger partial charge in [-0.3, -0.25) is 4.98 Å². The Labute approximate surface area is 157 Å². The lowest BCUT2D eigenvalue weighted by Gasteiger charge is -2.15. The number of halogens is 1. The second kappa shape index (κ2) is 8.94. The van der Waals surface area contributed by atoms with Gasteiger partial charge in [-0.2, -0.15) is 0 Å². The van der Waals surface area contributed by atoms with Crippen molar-refractivity contribution in [1.82, 2.24) is 14.9 Å². The zero-order valence-electron chi connectivity index (χ0n) is 14.1. The molecular formula is C19H20ClN3OS. The van der Waals surface area contributed by atoms with Crippen molar-refractivity contribution in [2.75, 3.05) is 20.2 Å². The van der Waals surface area contributed by atoms with Crippen LogP contribution in [0.4, 0.5) is 0 Å². The Balaban J connectivity index is 1.42. The van der Waals surface area contributed by atoms with Crippen molar-refractivity contribution in [1.29, 1.82) is 0 Å². The monoisotopic (exact) mass is 373 g/mol. The third-order valence-corrected chi connectivity index (χ3v) is 4.77. The Morgan fingerprint density at radius 2 is 2.12 bits per heavy atom. The van der Waals surface area contributed by atoms with Gasteiger partial charge in [-0.05, 0) is 43.8 Å². The summed E-state index contributed by atoms with van der Waals surface area (Å²) in [5.74, 6) is 0.814. The van der Waals surface area contributed by atoms with Gasteiger partial charge in [0.1, 0.15) is 10.8 Å². The normalized spacial score (nSPS) is 11.0. The van der Waals surface area contributed by atoms with Gasteiger partial charge in [0.2, 0.25) is 0 Å². The zero-order chi connectivity index (χ0) is 17.5. The van der Waals surface area contributed by atoms with Crippen LogP contribution in [-0.2, 0) is 6.54 Å². The molecule has 0 fully saturated rings. The highest BCUT2D eigenvalue weighted by Crippen LogP contribution is 2.22. The number of aromatic nitrogens is 2. The van der Waals surface area contributed by atoms with Gasteiger partial charge in [0.25, 0.3) is 0 Å². The minimum atomic E-state index is 0.668. The Morgan fingerprint density at radius 3 is 2.92 bits per heavy atom. The van der Waals surface area contributed by atoms with Crippen LogP contribution in [0, 0.1) is 0 Å². The molecular weight excluding hydrogens is 354 g/mol.